The zero-order valence-corrected chi connectivity index (χ0v) is 15.2. The Balaban J connectivity index is 2.20. The maximum Gasteiger partial charge on any atom is 0.442 e. The standard InChI is InChI=1S/C15H19F3N6O3/c1-5-22-6-11(9(3)20-22)8(2)19-12(25)7-23-10(4)13(24(26)27)14(21-23)15(16,17)18/h6,8H,5,7H2,1-4H3,(H,19,25). The summed E-state index contributed by atoms with van der Waals surface area (Å²) in [5.41, 5.74) is -1.63. The number of halogens is 3. The summed E-state index contributed by atoms with van der Waals surface area (Å²) in [4.78, 5) is 22.0. The quantitative estimate of drug-likeness (QED) is 0.604. The number of aromatic nitrogens is 4. The van der Waals surface area contributed by atoms with Crippen molar-refractivity contribution in [3.05, 3.63) is 39.0 Å². The SMILES string of the molecule is CCn1cc(C(C)NC(=O)Cn2nc(C(F)(F)F)c([N+](=O)[O-])c2C)c(C)n1. The number of hydrogen-bond donors (Lipinski definition) is 1. The number of nitro groups is 1. The molecule has 0 aliphatic carbocycles. The average Bonchev–Trinajstić information content (AvgIpc) is 3.07. The van der Waals surface area contributed by atoms with Gasteiger partial charge in [-0.25, -0.2) is 0 Å². The van der Waals surface area contributed by atoms with Crippen molar-refractivity contribution in [1.82, 2.24) is 24.9 Å². The van der Waals surface area contributed by atoms with E-state index >= 15 is 0 Å². The summed E-state index contributed by atoms with van der Waals surface area (Å²) < 4.78 is 41.3. The van der Waals surface area contributed by atoms with Crippen molar-refractivity contribution in [2.24, 2.45) is 0 Å². The van der Waals surface area contributed by atoms with Gasteiger partial charge in [0.2, 0.25) is 11.6 Å². The molecule has 1 N–H and O–H groups in total. The summed E-state index contributed by atoms with van der Waals surface area (Å²) in [5, 5.41) is 21.1. The van der Waals surface area contributed by atoms with Gasteiger partial charge >= 0.3 is 11.9 Å². The van der Waals surface area contributed by atoms with Crippen LogP contribution in [-0.4, -0.2) is 30.4 Å². The second-order valence-electron chi connectivity index (χ2n) is 6.01. The fraction of sp³-hybridized carbons (Fsp3) is 0.533. The van der Waals surface area contributed by atoms with Crippen molar-refractivity contribution in [3.63, 3.8) is 0 Å². The first-order valence-electron chi connectivity index (χ1n) is 8.08. The van der Waals surface area contributed by atoms with Crippen LogP contribution in [0.15, 0.2) is 6.20 Å². The largest absolute Gasteiger partial charge is 0.442 e. The Morgan fingerprint density at radius 3 is 2.44 bits per heavy atom. The zero-order chi connectivity index (χ0) is 20.5. The molecule has 1 amide bonds. The van der Waals surface area contributed by atoms with Crippen molar-refractivity contribution in [3.8, 4) is 0 Å². The number of nitrogens with zero attached hydrogens (tertiary/aromatic N) is 5. The number of alkyl halides is 3. The molecule has 2 aromatic heterocycles. The molecule has 2 aromatic rings. The minimum absolute atomic E-state index is 0.342. The van der Waals surface area contributed by atoms with Crippen molar-refractivity contribution in [2.75, 3.05) is 0 Å². The molecule has 0 radical (unpaired) electrons. The van der Waals surface area contributed by atoms with E-state index in [0.29, 0.717) is 11.2 Å². The first-order chi connectivity index (χ1) is 12.5. The van der Waals surface area contributed by atoms with Crippen LogP contribution < -0.4 is 5.32 Å². The number of carbonyl (C=O) groups is 1. The molecule has 2 rings (SSSR count). The Bertz CT molecular complexity index is 871. The molecule has 0 bridgehead atoms. The van der Waals surface area contributed by atoms with Gasteiger partial charge in [0.15, 0.2) is 0 Å². The highest BCUT2D eigenvalue weighted by Gasteiger charge is 2.44. The molecule has 0 spiro atoms. The fourth-order valence-electron chi connectivity index (χ4n) is 2.72. The van der Waals surface area contributed by atoms with Crippen LogP contribution in [0.25, 0.3) is 0 Å². The van der Waals surface area contributed by atoms with Gasteiger partial charge in [-0.2, -0.15) is 23.4 Å². The van der Waals surface area contributed by atoms with Gasteiger partial charge in [-0.1, -0.05) is 0 Å². The number of amides is 1. The Labute approximate surface area is 152 Å². The van der Waals surface area contributed by atoms with Crippen LogP contribution in [0.4, 0.5) is 18.9 Å². The molecule has 12 heteroatoms. The van der Waals surface area contributed by atoms with Crippen LogP contribution in [0.2, 0.25) is 0 Å². The van der Waals surface area contributed by atoms with E-state index in [4.69, 9.17) is 0 Å². The lowest BCUT2D eigenvalue weighted by Gasteiger charge is -2.13. The highest BCUT2D eigenvalue weighted by molar-refractivity contribution is 5.76. The van der Waals surface area contributed by atoms with E-state index < -0.39 is 41.0 Å². The van der Waals surface area contributed by atoms with Crippen LogP contribution in [0, 0.1) is 24.0 Å². The molecule has 9 nitrogen and oxygen atoms in total. The van der Waals surface area contributed by atoms with Crippen LogP contribution in [0.5, 0.6) is 0 Å². The number of carbonyl (C=O) groups excluding carboxylic acids is 1. The van der Waals surface area contributed by atoms with Crippen molar-refractivity contribution in [1.29, 1.82) is 0 Å². The van der Waals surface area contributed by atoms with Crippen LogP contribution in [-0.2, 0) is 24.1 Å². The van der Waals surface area contributed by atoms with Gasteiger partial charge < -0.3 is 5.32 Å². The summed E-state index contributed by atoms with van der Waals surface area (Å²) >= 11 is 0. The third-order valence-corrected chi connectivity index (χ3v) is 4.07. The molecule has 0 saturated heterocycles. The second kappa shape index (κ2) is 7.37. The lowest BCUT2D eigenvalue weighted by molar-refractivity contribution is -0.388. The lowest BCUT2D eigenvalue weighted by atomic mass is 10.1. The average molecular weight is 388 g/mol. The van der Waals surface area contributed by atoms with Gasteiger partial charge in [-0.3, -0.25) is 24.3 Å². The Hall–Kier alpha value is -2.92. The minimum Gasteiger partial charge on any atom is -0.348 e. The topological polar surface area (TPSA) is 108 Å². The second-order valence-corrected chi connectivity index (χ2v) is 6.01. The van der Waals surface area contributed by atoms with Gasteiger partial charge in [0.25, 0.3) is 0 Å². The number of nitrogens with one attached hydrogen (secondary N) is 1. The minimum atomic E-state index is -4.99. The smallest absolute Gasteiger partial charge is 0.348 e. The summed E-state index contributed by atoms with van der Waals surface area (Å²) in [6.07, 6.45) is -3.22. The van der Waals surface area contributed by atoms with Gasteiger partial charge in [-0.15, -0.1) is 0 Å². The third kappa shape index (κ3) is 4.26. The monoisotopic (exact) mass is 388 g/mol. The van der Waals surface area contributed by atoms with E-state index in [-0.39, 0.29) is 5.69 Å². The third-order valence-electron chi connectivity index (χ3n) is 4.07. The lowest BCUT2D eigenvalue weighted by Crippen LogP contribution is -2.31. The summed E-state index contributed by atoms with van der Waals surface area (Å²) in [5.74, 6) is -0.625. The molecule has 0 aromatic carbocycles. The number of aryl methyl sites for hydroxylation is 2. The van der Waals surface area contributed by atoms with Crippen molar-refractivity contribution in [2.45, 2.75) is 53.0 Å². The first kappa shape index (κ1) is 20.4. The molecule has 0 aliphatic rings. The maximum absolute atomic E-state index is 13.0. The molecular formula is C15H19F3N6O3. The zero-order valence-electron chi connectivity index (χ0n) is 15.2. The highest BCUT2D eigenvalue weighted by atomic mass is 19.4. The molecule has 0 saturated carbocycles. The van der Waals surface area contributed by atoms with Gasteiger partial charge in [0.05, 0.1) is 16.7 Å². The van der Waals surface area contributed by atoms with E-state index in [1.165, 1.54) is 0 Å². The highest BCUT2D eigenvalue weighted by Crippen LogP contribution is 2.36. The predicted molar refractivity (Wildman–Crippen MR) is 87.8 cm³/mol. The first-order valence-corrected chi connectivity index (χ1v) is 8.08. The van der Waals surface area contributed by atoms with Gasteiger partial charge in [0, 0.05) is 18.3 Å². The predicted octanol–water partition coefficient (Wildman–Crippen LogP) is 2.52. The molecular weight excluding hydrogens is 369 g/mol. The molecule has 2 heterocycles. The van der Waals surface area contributed by atoms with E-state index in [0.717, 1.165) is 18.2 Å². The number of hydrogen-bond acceptors (Lipinski definition) is 5. The van der Waals surface area contributed by atoms with E-state index in [1.807, 2.05) is 6.92 Å². The Morgan fingerprint density at radius 2 is 2.00 bits per heavy atom. The molecule has 148 valence electrons. The van der Waals surface area contributed by atoms with Gasteiger partial charge in [0.1, 0.15) is 12.2 Å². The Kier molecular flexibility index (Phi) is 5.56. The normalized spacial score (nSPS) is 12.9. The van der Waals surface area contributed by atoms with E-state index in [1.54, 1.807) is 24.7 Å². The fourth-order valence-corrected chi connectivity index (χ4v) is 2.72. The van der Waals surface area contributed by atoms with Crippen LogP contribution >= 0.6 is 0 Å². The molecule has 27 heavy (non-hydrogen) atoms. The molecule has 1 atom stereocenters. The molecule has 1 unspecified atom stereocenters. The van der Waals surface area contributed by atoms with E-state index in [9.17, 15) is 28.1 Å². The molecule has 0 fully saturated rings. The summed E-state index contributed by atoms with van der Waals surface area (Å²) in [6, 6.07) is -0.439. The van der Waals surface area contributed by atoms with Crippen LogP contribution in [0.3, 0.4) is 0 Å². The number of rotatable bonds is 6. The van der Waals surface area contributed by atoms with Gasteiger partial charge in [-0.05, 0) is 27.7 Å². The summed E-state index contributed by atoms with van der Waals surface area (Å²) in [7, 11) is 0. The van der Waals surface area contributed by atoms with Crippen LogP contribution in [0.1, 0.15) is 42.5 Å². The van der Waals surface area contributed by atoms with E-state index in [2.05, 4.69) is 15.5 Å². The van der Waals surface area contributed by atoms with Crippen molar-refractivity contribution >= 4 is 11.6 Å². The molecule has 0 aliphatic heterocycles. The van der Waals surface area contributed by atoms with Crippen molar-refractivity contribution < 1.29 is 22.9 Å². The maximum atomic E-state index is 13.0. The Morgan fingerprint density at radius 1 is 1.37 bits per heavy atom. The summed E-state index contributed by atoms with van der Waals surface area (Å²) in [6.45, 7) is 6.59.